The number of amides is 1. The Labute approximate surface area is 159 Å². The van der Waals surface area contributed by atoms with E-state index < -0.39 is 0 Å². The number of phenols is 1. The molecule has 0 aromatic heterocycles. The van der Waals surface area contributed by atoms with Crippen molar-refractivity contribution in [1.29, 1.82) is 0 Å². The minimum absolute atomic E-state index is 0.0243. The molecule has 2 aromatic rings. The predicted molar refractivity (Wildman–Crippen MR) is 105 cm³/mol. The van der Waals surface area contributed by atoms with Gasteiger partial charge in [-0.2, -0.15) is 5.10 Å². The normalized spacial score (nSPS) is 10.8. The summed E-state index contributed by atoms with van der Waals surface area (Å²) in [5, 5.41) is 13.7. The average Bonchev–Trinajstić information content (AvgIpc) is 2.59. The minimum atomic E-state index is -0.168. The van der Waals surface area contributed by atoms with Gasteiger partial charge in [0.1, 0.15) is 0 Å². The molecule has 2 rings (SSSR count). The van der Waals surface area contributed by atoms with Crippen LogP contribution in [-0.2, 0) is 10.5 Å². The summed E-state index contributed by atoms with van der Waals surface area (Å²) in [7, 11) is 1.47. The maximum atomic E-state index is 11.8. The molecule has 2 N–H and O–H groups in total. The number of nitrogens with zero attached hydrogens (tertiary/aromatic N) is 1. The number of hydrazone groups is 1. The lowest BCUT2D eigenvalue weighted by Crippen LogP contribution is -2.19. The number of benzene rings is 2. The number of hydrogen-bond donors (Lipinski definition) is 2. The average molecular weight is 423 g/mol. The number of nitrogens with one attached hydrogen (secondary N) is 1. The summed E-state index contributed by atoms with van der Waals surface area (Å²) in [5.41, 5.74) is 5.59. The van der Waals surface area contributed by atoms with Crippen molar-refractivity contribution in [2.24, 2.45) is 5.10 Å². The van der Waals surface area contributed by atoms with E-state index in [0.717, 1.165) is 5.75 Å². The largest absolute Gasteiger partial charge is 0.503 e. The second kappa shape index (κ2) is 9.48. The van der Waals surface area contributed by atoms with E-state index in [1.54, 1.807) is 12.1 Å². The van der Waals surface area contributed by atoms with Gasteiger partial charge in [-0.15, -0.1) is 11.8 Å². The van der Waals surface area contributed by atoms with Crippen molar-refractivity contribution >= 4 is 39.8 Å². The zero-order chi connectivity index (χ0) is 18.2. The summed E-state index contributed by atoms with van der Waals surface area (Å²) in [6.45, 7) is 2.05. The molecule has 2 aromatic carbocycles. The van der Waals surface area contributed by atoms with Gasteiger partial charge in [-0.3, -0.25) is 4.79 Å². The lowest BCUT2D eigenvalue weighted by Gasteiger charge is -2.06. The number of halogens is 1. The number of thioether (sulfide) groups is 1. The van der Waals surface area contributed by atoms with Gasteiger partial charge in [0.2, 0.25) is 5.91 Å². The van der Waals surface area contributed by atoms with Crippen molar-refractivity contribution in [3.63, 3.8) is 0 Å². The third-order valence-corrected chi connectivity index (χ3v) is 4.90. The second-order valence-corrected chi connectivity index (χ2v) is 7.17. The van der Waals surface area contributed by atoms with E-state index in [-0.39, 0.29) is 11.7 Å². The molecular formula is C18H19BrN2O3S. The highest BCUT2D eigenvalue weighted by Gasteiger charge is 2.07. The van der Waals surface area contributed by atoms with E-state index in [1.807, 2.05) is 6.92 Å². The van der Waals surface area contributed by atoms with E-state index in [9.17, 15) is 9.90 Å². The van der Waals surface area contributed by atoms with Crippen molar-refractivity contribution in [2.45, 2.75) is 12.7 Å². The predicted octanol–water partition coefficient (Wildman–Crippen LogP) is 3.86. The molecule has 0 saturated carbocycles. The van der Waals surface area contributed by atoms with Crippen LogP contribution in [0.3, 0.4) is 0 Å². The summed E-state index contributed by atoms with van der Waals surface area (Å²) >= 11 is 4.77. The van der Waals surface area contributed by atoms with E-state index in [1.165, 1.54) is 36.2 Å². The summed E-state index contributed by atoms with van der Waals surface area (Å²) in [5.74, 6) is 1.29. The number of hydrogen-bond acceptors (Lipinski definition) is 5. The maximum absolute atomic E-state index is 11.8. The second-order valence-electron chi connectivity index (χ2n) is 5.33. The minimum Gasteiger partial charge on any atom is -0.503 e. The van der Waals surface area contributed by atoms with Crippen molar-refractivity contribution in [1.82, 2.24) is 5.43 Å². The van der Waals surface area contributed by atoms with Crippen molar-refractivity contribution in [3.05, 3.63) is 57.6 Å². The van der Waals surface area contributed by atoms with Crippen LogP contribution in [0, 0.1) is 6.92 Å². The first-order valence-electron chi connectivity index (χ1n) is 7.51. The number of carbonyl (C=O) groups excluding carboxylic acids is 1. The monoisotopic (exact) mass is 422 g/mol. The van der Waals surface area contributed by atoms with Crippen LogP contribution in [0.4, 0.5) is 0 Å². The first kappa shape index (κ1) is 19.3. The Morgan fingerprint density at radius 1 is 1.36 bits per heavy atom. The third-order valence-electron chi connectivity index (χ3n) is 3.30. The topological polar surface area (TPSA) is 70.9 Å². The molecule has 0 atom stereocenters. The van der Waals surface area contributed by atoms with Gasteiger partial charge in [0, 0.05) is 5.75 Å². The maximum Gasteiger partial charge on any atom is 0.250 e. The molecule has 132 valence electrons. The van der Waals surface area contributed by atoms with E-state index in [2.05, 4.69) is 50.7 Å². The Hall–Kier alpha value is -1.99. The Morgan fingerprint density at radius 2 is 2.08 bits per heavy atom. The number of rotatable bonds is 7. The first-order chi connectivity index (χ1) is 12.0. The van der Waals surface area contributed by atoms with Gasteiger partial charge < -0.3 is 9.84 Å². The highest BCUT2D eigenvalue weighted by atomic mass is 79.9. The Balaban J connectivity index is 1.80. The molecule has 0 aliphatic rings. The molecule has 0 bridgehead atoms. The molecule has 0 heterocycles. The van der Waals surface area contributed by atoms with Gasteiger partial charge in [0.05, 0.1) is 23.5 Å². The molecule has 25 heavy (non-hydrogen) atoms. The van der Waals surface area contributed by atoms with Crippen LogP contribution < -0.4 is 10.2 Å². The van der Waals surface area contributed by atoms with Crippen LogP contribution in [-0.4, -0.2) is 30.1 Å². The van der Waals surface area contributed by atoms with Gasteiger partial charge in [-0.1, -0.05) is 29.8 Å². The fraction of sp³-hybridized carbons (Fsp3) is 0.222. The van der Waals surface area contributed by atoms with Gasteiger partial charge in [-0.25, -0.2) is 5.43 Å². The molecule has 0 aliphatic carbocycles. The van der Waals surface area contributed by atoms with E-state index in [0.29, 0.717) is 21.5 Å². The van der Waals surface area contributed by atoms with E-state index >= 15 is 0 Å². The molecule has 0 spiro atoms. The number of methoxy groups -OCH3 is 1. The van der Waals surface area contributed by atoms with Gasteiger partial charge in [0.25, 0.3) is 0 Å². The van der Waals surface area contributed by atoms with E-state index in [4.69, 9.17) is 4.74 Å². The molecule has 0 aliphatic heterocycles. The lowest BCUT2D eigenvalue weighted by molar-refractivity contribution is -0.118. The summed E-state index contributed by atoms with van der Waals surface area (Å²) in [6, 6.07) is 11.6. The fourth-order valence-electron chi connectivity index (χ4n) is 1.98. The Morgan fingerprint density at radius 3 is 2.76 bits per heavy atom. The Kier molecular flexibility index (Phi) is 7.33. The summed E-state index contributed by atoms with van der Waals surface area (Å²) < 4.78 is 5.56. The highest BCUT2D eigenvalue weighted by molar-refractivity contribution is 9.10. The smallest absolute Gasteiger partial charge is 0.250 e. The highest BCUT2D eigenvalue weighted by Crippen LogP contribution is 2.34. The standard InChI is InChI=1S/C18H19BrN2O3S/c1-12-3-5-13(6-4-12)10-25-11-17(22)21-20-9-14-7-15(19)18(23)16(8-14)24-2/h3-9,23H,10-11H2,1-2H3,(H,21,22)/b20-9-. The molecule has 0 saturated heterocycles. The van der Waals surface area contributed by atoms with Gasteiger partial charge in [0.15, 0.2) is 11.5 Å². The van der Waals surface area contributed by atoms with Crippen LogP contribution in [0.5, 0.6) is 11.5 Å². The van der Waals surface area contributed by atoms with Crippen molar-refractivity contribution < 1.29 is 14.6 Å². The van der Waals surface area contributed by atoms with Crippen LogP contribution in [0.15, 0.2) is 46.0 Å². The van der Waals surface area contributed by atoms with Crippen LogP contribution in [0.2, 0.25) is 0 Å². The zero-order valence-electron chi connectivity index (χ0n) is 14.0. The fourth-order valence-corrected chi connectivity index (χ4v) is 3.22. The molecule has 5 nitrogen and oxygen atoms in total. The van der Waals surface area contributed by atoms with Crippen LogP contribution in [0.1, 0.15) is 16.7 Å². The number of aromatic hydroxyl groups is 1. The quantitative estimate of drug-likeness (QED) is 0.524. The summed E-state index contributed by atoms with van der Waals surface area (Å²) in [4.78, 5) is 11.8. The lowest BCUT2D eigenvalue weighted by atomic mass is 10.2. The SMILES string of the molecule is COc1cc(/C=N\NC(=O)CSCc2ccc(C)cc2)cc(Br)c1O. The number of phenolic OH excluding ortho intramolecular Hbond substituents is 1. The molecule has 0 radical (unpaired) electrons. The molecule has 0 unspecified atom stereocenters. The van der Waals surface area contributed by atoms with Crippen molar-refractivity contribution in [2.75, 3.05) is 12.9 Å². The first-order valence-corrected chi connectivity index (χ1v) is 9.46. The van der Waals surface area contributed by atoms with Crippen LogP contribution >= 0.6 is 27.7 Å². The Bertz CT molecular complexity index is 764. The molecule has 7 heteroatoms. The molecule has 0 fully saturated rings. The number of carbonyl (C=O) groups is 1. The zero-order valence-corrected chi connectivity index (χ0v) is 16.4. The van der Waals surface area contributed by atoms with Gasteiger partial charge >= 0.3 is 0 Å². The number of aryl methyl sites for hydroxylation is 1. The summed E-state index contributed by atoms with van der Waals surface area (Å²) in [6.07, 6.45) is 1.50. The molecular weight excluding hydrogens is 404 g/mol. The van der Waals surface area contributed by atoms with Gasteiger partial charge in [-0.05, 0) is 46.1 Å². The van der Waals surface area contributed by atoms with Crippen LogP contribution in [0.25, 0.3) is 0 Å². The third kappa shape index (κ3) is 6.10. The van der Waals surface area contributed by atoms with Crippen molar-refractivity contribution in [3.8, 4) is 11.5 Å². The molecule has 1 amide bonds. The number of ether oxygens (including phenoxy) is 1.